The van der Waals surface area contributed by atoms with Crippen LogP contribution in [-0.4, -0.2) is 18.7 Å². The lowest BCUT2D eigenvalue weighted by atomic mass is 9.52. The maximum Gasteiger partial charge on any atom is 0.443 e. The van der Waals surface area contributed by atoms with E-state index in [2.05, 4.69) is 73.1 Å². The van der Waals surface area contributed by atoms with Gasteiger partial charge in [-0.15, -0.1) is 0 Å². The van der Waals surface area contributed by atoms with E-state index in [9.17, 15) is 0 Å². The van der Waals surface area contributed by atoms with Crippen molar-refractivity contribution in [2.75, 3.05) is 7.05 Å². The molecule has 3 aromatic rings. The second kappa shape index (κ2) is 4.77. The number of para-hydroxylation sites is 1. The molecule has 0 saturated heterocycles. The van der Waals surface area contributed by atoms with E-state index in [1.807, 2.05) is 12.1 Å². The number of aryl methyl sites for hydroxylation is 2. The van der Waals surface area contributed by atoms with Crippen LogP contribution in [0.5, 0.6) is 0 Å². The predicted molar refractivity (Wildman–Crippen MR) is 90.4 cm³/mol. The first-order chi connectivity index (χ1) is 10.6. The summed E-state index contributed by atoms with van der Waals surface area (Å²) < 4.78 is 8.39. The molecule has 3 nitrogen and oxygen atoms in total. The molecule has 22 heavy (non-hydrogen) atoms. The van der Waals surface area contributed by atoms with Gasteiger partial charge in [-0.2, -0.15) is 0 Å². The molecule has 2 aromatic heterocycles. The first-order valence-electron chi connectivity index (χ1n) is 7.53. The molecule has 0 N–H and O–H groups in total. The zero-order valence-corrected chi connectivity index (χ0v) is 13.1. The molecule has 4 heteroatoms. The summed E-state index contributed by atoms with van der Waals surface area (Å²) in [6.07, 6.45) is 6.44. The predicted octanol–water partition coefficient (Wildman–Crippen LogP) is 1.59. The van der Waals surface area contributed by atoms with Crippen LogP contribution in [-0.2, 0) is 7.05 Å². The zero-order chi connectivity index (χ0) is 15.3. The molecular formula is C18H18BN2O+. The van der Waals surface area contributed by atoms with E-state index in [0.717, 1.165) is 11.2 Å². The Balaban J connectivity index is 1.96. The van der Waals surface area contributed by atoms with Crippen molar-refractivity contribution in [2.45, 2.75) is 6.92 Å². The van der Waals surface area contributed by atoms with Crippen LogP contribution in [0, 0.1) is 6.92 Å². The van der Waals surface area contributed by atoms with Gasteiger partial charge in [0.2, 0.25) is 0 Å². The average molecular weight is 289 g/mol. The SMILES string of the molecule is Cc1ccc(B2c3oc4ccccc4c3C=CN2C)[n+](C)c1. The van der Waals surface area contributed by atoms with Crippen molar-refractivity contribution in [3.8, 4) is 0 Å². The Hall–Kier alpha value is -2.49. The van der Waals surface area contributed by atoms with Crippen LogP contribution < -0.4 is 15.8 Å². The van der Waals surface area contributed by atoms with Gasteiger partial charge in [0, 0.05) is 16.5 Å². The summed E-state index contributed by atoms with van der Waals surface area (Å²) in [5.74, 6) is 0. The van der Waals surface area contributed by atoms with E-state index in [1.54, 1.807) is 0 Å². The third-order valence-corrected chi connectivity index (χ3v) is 4.40. The van der Waals surface area contributed by atoms with Gasteiger partial charge >= 0.3 is 6.85 Å². The third kappa shape index (κ3) is 1.87. The van der Waals surface area contributed by atoms with Gasteiger partial charge in [0.05, 0.1) is 0 Å². The fraction of sp³-hybridized carbons (Fsp3) is 0.167. The topological polar surface area (TPSA) is 20.3 Å². The molecule has 0 saturated carbocycles. The highest BCUT2D eigenvalue weighted by Gasteiger charge is 2.39. The van der Waals surface area contributed by atoms with E-state index >= 15 is 0 Å². The Morgan fingerprint density at radius 1 is 1.14 bits per heavy atom. The molecule has 0 amide bonds. The average Bonchev–Trinajstić information content (AvgIpc) is 2.87. The van der Waals surface area contributed by atoms with Crippen LogP contribution in [0.15, 0.2) is 53.2 Å². The summed E-state index contributed by atoms with van der Waals surface area (Å²) in [6.45, 7) is 2.21. The molecule has 4 rings (SSSR count). The summed E-state index contributed by atoms with van der Waals surface area (Å²) in [7, 11) is 4.19. The summed E-state index contributed by atoms with van der Waals surface area (Å²) in [5, 5.41) is 1.18. The van der Waals surface area contributed by atoms with Crippen molar-refractivity contribution in [3.63, 3.8) is 0 Å². The minimum atomic E-state index is 0.0954. The van der Waals surface area contributed by atoms with E-state index in [4.69, 9.17) is 4.42 Å². The van der Waals surface area contributed by atoms with Crippen molar-refractivity contribution >= 4 is 35.1 Å². The van der Waals surface area contributed by atoms with Crippen LogP contribution in [0.3, 0.4) is 0 Å². The summed E-state index contributed by atoms with van der Waals surface area (Å²) in [4.78, 5) is 2.20. The lowest BCUT2D eigenvalue weighted by Crippen LogP contribution is -2.65. The van der Waals surface area contributed by atoms with Crippen molar-refractivity contribution in [2.24, 2.45) is 7.05 Å². The van der Waals surface area contributed by atoms with E-state index in [-0.39, 0.29) is 6.85 Å². The Labute approximate surface area is 130 Å². The van der Waals surface area contributed by atoms with Gasteiger partial charge in [-0.1, -0.05) is 18.2 Å². The van der Waals surface area contributed by atoms with Crippen LogP contribution in [0.1, 0.15) is 11.1 Å². The normalized spacial score (nSPS) is 13.8. The van der Waals surface area contributed by atoms with Crippen molar-refractivity contribution in [1.29, 1.82) is 0 Å². The van der Waals surface area contributed by atoms with Gasteiger partial charge in [0.25, 0.3) is 0 Å². The van der Waals surface area contributed by atoms with Gasteiger partial charge in [0.1, 0.15) is 18.3 Å². The lowest BCUT2D eigenvalue weighted by Gasteiger charge is -2.23. The number of benzene rings is 1. The maximum atomic E-state index is 6.21. The largest absolute Gasteiger partial charge is 0.467 e. The van der Waals surface area contributed by atoms with Gasteiger partial charge in [0.15, 0.2) is 11.8 Å². The molecule has 0 atom stereocenters. The minimum absolute atomic E-state index is 0.0954. The number of nitrogens with zero attached hydrogens (tertiary/aromatic N) is 2. The van der Waals surface area contributed by atoms with Crippen molar-refractivity contribution < 1.29 is 8.98 Å². The van der Waals surface area contributed by atoms with Crippen LogP contribution in [0.4, 0.5) is 0 Å². The van der Waals surface area contributed by atoms with Crippen LogP contribution >= 0.6 is 0 Å². The number of hydrogen-bond donors (Lipinski definition) is 0. The highest BCUT2D eigenvalue weighted by atomic mass is 16.3. The molecular weight excluding hydrogens is 271 g/mol. The smallest absolute Gasteiger partial charge is 0.443 e. The quantitative estimate of drug-likeness (QED) is 0.501. The summed E-state index contributed by atoms with van der Waals surface area (Å²) in [6, 6.07) is 12.6. The Bertz CT molecular complexity index is 897. The molecule has 0 unspecified atom stereocenters. The van der Waals surface area contributed by atoms with Gasteiger partial charge in [-0.05, 0) is 44.4 Å². The number of rotatable bonds is 1. The van der Waals surface area contributed by atoms with Crippen molar-refractivity contribution in [3.05, 3.63) is 59.9 Å². The summed E-state index contributed by atoms with van der Waals surface area (Å²) in [5.41, 5.74) is 5.64. The standard InChI is InChI=1S/C18H18BN2O/c1-13-8-9-17(20(2)12-13)19-18-15(10-11-21(19)3)14-6-4-5-7-16(14)22-18/h4-12H,1-3H3/q+1. The fourth-order valence-electron chi connectivity index (χ4n) is 3.31. The number of pyridine rings is 1. The molecule has 0 spiro atoms. The Morgan fingerprint density at radius 3 is 2.77 bits per heavy atom. The molecule has 0 bridgehead atoms. The second-order valence-electron chi connectivity index (χ2n) is 6.00. The molecule has 0 radical (unpaired) electrons. The number of hydrogen-bond acceptors (Lipinski definition) is 2. The van der Waals surface area contributed by atoms with E-state index < -0.39 is 0 Å². The minimum Gasteiger partial charge on any atom is -0.467 e. The molecule has 108 valence electrons. The van der Waals surface area contributed by atoms with Gasteiger partial charge in [-0.3, -0.25) is 0 Å². The van der Waals surface area contributed by atoms with Crippen LogP contribution in [0.2, 0.25) is 0 Å². The number of fused-ring (bicyclic) bond motifs is 3. The molecule has 1 aliphatic rings. The maximum absolute atomic E-state index is 6.21. The highest BCUT2D eigenvalue weighted by Crippen LogP contribution is 2.23. The number of aromatic nitrogens is 1. The first-order valence-corrected chi connectivity index (χ1v) is 7.53. The third-order valence-electron chi connectivity index (χ3n) is 4.40. The zero-order valence-electron chi connectivity index (χ0n) is 13.1. The van der Waals surface area contributed by atoms with E-state index in [1.165, 1.54) is 22.1 Å². The highest BCUT2D eigenvalue weighted by molar-refractivity contribution is 6.82. The Kier molecular flexibility index (Phi) is 2.86. The fourth-order valence-corrected chi connectivity index (χ4v) is 3.31. The summed E-state index contributed by atoms with van der Waals surface area (Å²) >= 11 is 0. The van der Waals surface area contributed by atoms with Gasteiger partial charge < -0.3 is 9.23 Å². The van der Waals surface area contributed by atoms with Gasteiger partial charge in [-0.25, -0.2) is 4.57 Å². The molecule has 3 heterocycles. The monoisotopic (exact) mass is 289 g/mol. The molecule has 0 fully saturated rings. The molecule has 1 aliphatic heterocycles. The molecule has 1 aromatic carbocycles. The van der Waals surface area contributed by atoms with Crippen LogP contribution in [0.25, 0.3) is 17.0 Å². The lowest BCUT2D eigenvalue weighted by molar-refractivity contribution is -0.654. The Morgan fingerprint density at radius 2 is 1.95 bits per heavy atom. The van der Waals surface area contributed by atoms with Crippen molar-refractivity contribution in [1.82, 2.24) is 4.81 Å². The number of furan rings is 1. The first kappa shape index (κ1) is 13.2. The van der Waals surface area contributed by atoms with E-state index in [0.29, 0.717) is 0 Å². The molecule has 0 aliphatic carbocycles. The second-order valence-corrected chi connectivity index (χ2v) is 6.00.